The predicted molar refractivity (Wildman–Crippen MR) is 127 cm³/mol. The maximum atomic E-state index is 12.5. The van der Waals surface area contributed by atoms with Crippen LogP contribution in [0.5, 0.6) is 0 Å². The van der Waals surface area contributed by atoms with Gasteiger partial charge in [0.1, 0.15) is 9.71 Å². The molecule has 0 unspecified atom stereocenters. The van der Waals surface area contributed by atoms with Crippen molar-refractivity contribution in [2.24, 2.45) is 0 Å². The summed E-state index contributed by atoms with van der Waals surface area (Å²) in [4.78, 5) is 37.5. The van der Waals surface area contributed by atoms with E-state index in [1.807, 2.05) is 19.1 Å². The van der Waals surface area contributed by atoms with Crippen molar-refractivity contribution < 1.29 is 19.1 Å². The Bertz CT molecular complexity index is 1340. The van der Waals surface area contributed by atoms with Crippen LogP contribution in [0.2, 0.25) is 5.02 Å². The van der Waals surface area contributed by atoms with E-state index in [9.17, 15) is 14.4 Å². The van der Waals surface area contributed by atoms with Gasteiger partial charge in [0.05, 0.1) is 11.4 Å². The molecule has 0 atom stereocenters. The molecule has 0 saturated carbocycles. The number of carbonyl (C=O) groups is 3. The topological polar surface area (TPSA) is 102 Å². The van der Waals surface area contributed by atoms with Gasteiger partial charge in [-0.3, -0.25) is 9.59 Å². The molecule has 10 heteroatoms. The zero-order chi connectivity index (χ0) is 23.5. The molecule has 8 nitrogen and oxygen atoms in total. The summed E-state index contributed by atoms with van der Waals surface area (Å²) in [5, 5.41) is 11.1. The van der Waals surface area contributed by atoms with Crippen LogP contribution in [-0.4, -0.2) is 41.2 Å². The van der Waals surface area contributed by atoms with E-state index in [2.05, 4.69) is 15.7 Å². The van der Waals surface area contributed by atoms with Gasteiger partial charge in [-0.2, -0.15) is 5.10 Å². The van der Waals surface area contributed by atoms with Gasteiger partial charge in [-0.25, -0.2) is 9.48 Å². The van der Waals surface area contributed by atoms with E-state index in [1.165, 1.54) is 18.4 Å². The first-order valence-electron chi connectivity index (χ1n) is 9.90. The summed E-state index contributed by atoms with van der Waals surface area (Å²) in [6.07, 6.45) is 0. The molecule has 0 fully saturated rings. The number of rotatable bonds is 6. The van der Waals surface area contributed by atoms with Crippen molar-refractivity contribution in [3.63, 3.8) is 0 Å². The second-order valence-electron chi connectivity index (χ2n) is 7.08. The van der Waals surface area contributed by atoms with Crippen molar-refractivity contribution in [3.8, 4) is 5.69 Å². The zero-order valence-corrected chi connectivity index (χ0v) is 19.3. The lowest BCUT2D eigenvalue weighted by atomic mass is 10.2. The Morgan fingerprint density at radius 3 is 2.45 bits per heavy atom. The number of halogens is 1. The number of thiophene rings is 1. The number of aromatic nitrogens is 2. The van der Waals surface area contributed by atoms with Gasteiger partial charge >= 0.3 is 5.97 Å². The molecule has 2 amide bonds. The fourth-order valence-electron chi connectivity index (χ4n) is 3.15. The number of ether oxygens (including phenoxy) is 1. The van der Waals surface area contributed by atoms with Crippen molar-refractivity contribution in [2.45, 2.75) is 6.92 Å². The average molecular weight is 483 g/mol. The first-order valence-corrected chi connectivity index (χ1v) is 11.1. The summed E-state index contributed by atoms with van der Waals surface area (Å²) < 4.78 is 6.94. The molecule has 0 aliphatic carbocycles. The number of amides is 2. The monoisotopic (exact) mass is 482 g/mol. The number of fused-ring (bicyclic) bond motifs is 1. The molecular weight excluding hydrogens is 464 g/mol. The van der Waals surface area contributed by atoms with Crippen molar-refractivity contribution in [1.82, 2.24) is 15.1 Å². The molecule has 0 aliphatic rings. The van der Waals surface area contributed by atoms with Crippen LogP contribution in [0.4, 0.5) is 5.69 Å². The molecule has 2 N–H and O–H groups in total. The quantitative estimate of drug-likeness (QED) is 0.401. The van der Waals surface area contributed by atoms with Crippen LogP contribution in [0.25, 0.3) is 15.9 Å². The maximum absolute atomic E-state index is 12.5. The van der Waals surface area contributed by atoms with Crippen molar-refractivity contribution in [1.29, 1.82) is 0 Å². The largest absolute Gasteiger partial charge is 0.451 e. The summed E-state index contributed by atoms with van der Waals surface area (Å²) in [5.41, 5.74) is 2.55. The smallest absolute Gasteiger partial charge is 0.348 e. The highest BCUT2D eigenvalue weighted by molar-refractivity contribution is 7.20. The van der Waals surface area contributed by atoms with Crippen LogP contribution in [0.15, 0.2) is 54.6 Å². The number of esters is 1. The number of nitrogens with zero attached hydrogens (tertiary/aromatic N) is 2. The summed E-state index contributed by atoms with van der Waals surface area (Å²) in [6, 6.07) is 15.3. The number of hydrogen-bond donors (Lipinski definition) is 2. The minimum atomic E-state index is -0.594. The maximum Gasteiger partial charge on any atom is 0.348 e. The van der Waals surface area contributed by atoms with Crippen LogP contribution < -0.4 is 10.6 Å². The number of benzene rings is 2. The van der Waals surface area contributed by atoms with Gasteiger partial charge in [0, 0.05) is 28.7 Å². The number of hydrogen-bond acceptors (Lipinski definition) is 6. The van der Waals surface area contributed by atoms with Crippen LogP contribution in [0, 0.1) is 6.92 Å². The first-order chi connectivity index (χ1) is 15.9. The van der Waals surface area contributed by atoms with E-state index in [4.69, 9.17) is 16.3 Å². The van der Waals surface area contributed by atoms with Crippen LogP contribution in [-0.2, 0) is 9.53 Å². The van der Waals surface area contributed by atoms with Crippen molar-refractivity contribution in [2.75, 3.05) is 19.0 Å². The van der Waals surface area contributed by atoms with Crippen molar-refractivity contribution >= 4 is 56.6 Å². The van der Waals surface area contributed by atoms with Crippen LogP contribution in [0.3, 0.4) is 0 Å². The normalized spacial score (nSPS) is 10.8. The van der Waals surface area contributed by atoms with Gasteiger partial charge in [-0.15, -0.1) is 11.3 Å². The lowest BCUT2D eigenvalue weighted by Crippen LogP contribution is -2.21. The molecule has 2 heterocycles. The fourth-order valence-corrected chi connectivity index (χ4v) is 4.36. The van der Waals surface area contributed by atoms with E-state index in [1.54, 1.807) is 47.1 Å². The van der Waals surface area contributed by atoms with E-state index in [0.29, 0.717) is 21.2 Å². The second-order valence-corrected chi connectivity index (χ2v) is 8.55. The van der Waals surface area contributed by atoms with E-state index >= 15 is 0 Å². The summed E-state index contributed by atoms with van der Waals surface area (Å²) >= 11 is 7.21. The minimum absolute atomic E-state index is 0.223. The average Bonchev–Trinajstić information content (AvgIpc) is 3.39. The van der Waals surface area contributed by atoms with Gasteiger partial charge in [-0.05, 0) is 61.5 Å². The Morgan fingerprint density at radius 2 is 1.79 bits per heavy atom. The molecule has 168 valence electrons. The van der Waals surface area contributed by atoms with E-state index in [-0.39, 0.29) is 5.91 Å². The highest BCUT2D eigenvalue weighted by Crippen LogP contribution is 2.31. The molecular formula is C23H19ClN4O4S. The number of aryl methyl sites for hydroxylation is 1. The van der Waals surface area contributed by atoms with Gasteiger partial charge in [0.25, 0.3) is 11.8 Å². The molecule has 33 heavy (non-hydrogen) atoms. The standard InChI is InChI=1S/C23H19ClN4O4S/c1-13-18-11-19(33-22(18)28(27-13)17-9-5-15(24)6-10-17)23(31)32-12-20(29)26-16-7-3-14(4-8-16)21(30)25-2/h3-11H,12H2,1-2H3,(H,25,30)(H,26,29). The number of nitrogens with one attached hydrogen (secondary N) is 2. The Morgan fingerprint density at radius 1 is 1.09 bits per heavy atom. The molecule has 0 spiro atoms. The minimum Gasteiger partial charge on any atom is -0.451 e. The van der Waals surface area contributed by atoms with Gasteiger partial charge in [0.15, 0.2) is 6.61 Å². The third kappa shape index (κ3) is 4.89. The third-order valence-electron chi connectivity index (χ3n) is 4.81. The SMILES string of the molecule is CNC(=O)c1ccc(NC(=O)COC(=O)c2cc3c(C)nn(-c4ccc(Cl)cc4)c3s2)cc1. The van der Waals surface area contributed by atoms with E-state index in [0.717, 1.165) is 21.6 Å². The summed E-state index contributed by atoms with van der Waals surface area (Å²) in [7, 11) is 1.54. The highest BCUT2D eigenvalue weighted by atomic mass is 35.5. The molecule has 2 aromatic carbocycles. The third-order valence-corrected chi connectivity index (χ3v) is 6.15. The summed E-state index contributed by atoms with van der Waals surface area (Å²) in [6.45, 7) is 1.42. The lowest BCUT2D eigenvalue weighted by Gasteiger charge is -2.07. The first kappa shape index (κ1) is 22.5. The molecule has 2 aromatic heterocycles. The number of carbonyl (C=O) groups excluding carboxylic acids is 3. The Labute approximate surface area is 198 Å². The molecule has 4 rings (SSSR count). The Kier molecular flexibility index (Phi) is 6.43. The molecule has 0 aliphatic heterocycles. The Balaban J connectivity index is 1.41. The Hall–Kier alpha value is -3.69. The predicted octanol–water partition coefficient (Wildman–Crippen LogP) is 4.20. The van der Waals surface area contributed by atoms with Gasteiger partial charge in [-0.1, -0.05) is 11.6 Å². The molecule has 0 radical (unpaired) electrons. The second kappa shape index (κ2) is 9.43. The van der Waals surface area contributed by atoms with Crippen molar-refractivity contribution in [3.05, 3.63) is 75.8 Å². The molecule has 0 saturated heterocycles. The zero-order valence-electron chi connectivity index (χ0n) is 17.7. The number of anilines is 1. The summed E-state index contributed by atoms with van der Waals surface area (Å²) in [5.74, 6) is -1.30. The van der Waals surface area contributed by atoms with Crippen LogP contribution >= 0.6 is 22.9 Å². The van der Waals surface area contributed by atoms with Gasteiger partial charge < -0.3 is 15.4 Å². The highest BCUT2D eigenvalue weighted by Gasteiger charge is 2.19. The molecule has 4 aromatic rings. The van der Waals surface area contributed by atoms with E-state index < -0.39 is 18.5 Å². The molecule has 0 bridgehead atoms. The van der Waals surface area contributed by atoms with Crippen LogP contribution in [0.1, 0.15) is 25.7 Å². The van der Waals surface area contributed by atoms with Gasteiger partial charge in [0.2, 0.25) is 0 Å². The lowest BCUT2D eigenvalue weighted by molar-refractivity contribution is -0.119. The fraction of sp³-hybridized carbons (Fsp3) is 0.130.